The number of carbonyl (C=O) groups is 1. The van der Waals surface area contributed by atoms with Crippen molar-refractivity contribution in [2.45, 2.75) is 37.2 Å². The molecule has 3 rings (SSSR count). The van der Waals surface area contributed by atoms with Crippen LogP contribution in [0.5, 0.6) is 0 Å². The van der Waals surface area contributed by atoms with Crippen LogP contribution in [-0.2, 0) is 16.6 Å². The fourth-order valence-corrected chi connectivity index (χ4v) is 4.77. The van der Waals surface area contributed by atoms with Crippen LogP contribution in [0.4, 0.5) is 0 Å². The summed E-state index contributed by atoms with van der Waals surface area (Å²) in [6.07, 6.45) is 1.83. The molecule has 1 saturated carbocycles. The van der Waals surface area contributed by atoms with Gasteiger partial charge in [0.2, 0.25) is 10.0 Å². The number of ketones is 1. The Hall–Kier alpha value is -1.50. The molecule has 116 valence electrons. The summed E-state index contributed by atoms with van der Waals surface area (Å²) in [5.74, 6) is -0.0680. The molecular formula is C16H17NO3S2. The van der Waals surface area contributed by atoms with Gasteiger partial charge in [0.25, 0.3) is 0 Å². The van der Waals surface area contributed by atoms with Crippen LogP contribution in [-0.4, -0.2) is 24.5 Å². The van der Waals surface area contributed by atoms with Gasteiger partial charge in [0, 0.05) is 23.0 Å². The van der Waals surface area contributed by atoms with Crippen LogP contribution in [0.25, 0.3) is 0 Å². The minimum Gasteiger partial charge on any atom is -0.295 e. The van der Waals surface area contributed by atoms with Gasteiger partial charge in [0.15, 0.2) is 5.78 Å². The van der Waals surface area contributed by atoms with Crippen molar-refractivity contribution >= 4 is 27.1 Å². The van der Waals surface area contributed by atoms with E-state index in [0.717, 1.165) is 17.7 Å². The van der Waals surface area contributed by atoms with Gasteiger partial charge in [0.05, 0.1) is 4.90 Å². The molecular weight excluding hydrogens is 318 g/mol. The Morgan fingerprint density at radius 2 is 1.91 bits per heavy atom. The number of thiophene rings is 1. The Morgan fingerprint density at radius 1 is 1.23 bits per heavy atom. The molecule has 0 N–H and O–H groups in total. The Labute approximate surface area is 134 Å². The van der Waals surface area contributed by atoms with E-state index in [-0.39, 0.29) is 16.7 Å². The van der Waals surface area contributed by atoms with Crippen LogP contribution < -0.4 is 0 Å². The monoisotopic (exact) mass is 335 g/mol. The molecule has 0 bridgehead atoms. The second-order valence-corrected chi connectivity index (χ2v) is 8.36. The quantitative estimate of drug-likeness (QED) is 0.761. The third-order valence-corrected chi connectivity index (χ3v) is 6.49. The molecule has 1 fully saturated rings. The lowest BCUT2D eigenvalue weighted by molar-refractivity contribution is 0.101. The Morgan fingerprint density at radius 3 is 2.41 bits per heavy atom. The lowest BCUT2D eigenvalue weighted by atomic mass is 10.2. The van der Waals surface area contributed by atoms with E-state index in [2.05, 4.69) is 0 Å². The first-order valence-electron chi connectivity index (χ1n) is 7.14. The van der Waals surface area contributed by atoms with Crippen LogP contribution in [0.2, 0.25) is 0 Å². The lowest BCUT2D eigenvalue weighted by Crippen LogP contribution is -2.32. The number of rotatable bonds is 6. The molecule has 6 heteroatoms. The van der Waals surface area contributed by atoms with Gasteiger partial charge in [-0.3, -0.25) is 4.79 Å². The number of nitrogens with zero attached hydrogens (tertiary/aromatic N) is 1. The van der Waals surface area contributed by atoms with Crippen molar-refractivity contribution in [3.63, 3.8) is 0 Å². The van der Waals surface area contributed by atoms with Gasteiger partial charge in [-0.1, -0.05) is 18.2 Å². The van der Waals surface area contributed by atoms with Crippen molar-refractivity contribution in [3.8, 4) is 0 Å². The third-order valence-electron chi connectivity index (χ3n) is 3.71. The fraction of sp³-hybridized carbons (Fsp3) is 0.312. The predicted octanol–water partition coefficient (Wildman–Crippen LogP) is 3.30. The standard InChI is InChI=1S/C16H17NO3S2/c1-12(18)13-4-8-16(9-5-13)22(19,20)17(14-6-7-14)11-15-3-2-10-21-15/h2-5,8-10,14H,6-7,11H2,1H3. The highest BCUT2D eigenvalue weighted by molar-refractivity contribution is 7.89. The molecule has 0 unspecified atom stereocenters. The molecule has 0 aliphatic heterocycles. The van der Waals surface area contributed by atoms with Gasteiger partial charge in [-0.15, -0.1) is 11.3 Å². The van der Waals surface area contributed by atoms with Crippen LogP contribution in [0.1, 0.15) is 35.0 Å². The maximum atomic E-state index is 12.9. The number of hydrogen-bond acceptors (Lipinski definition) is 4. The molecule has 0 saturated heterocycles. The number of benzene rings is 1. The second-order valence-electron chi connectivity index (χ2n) is 5.44. The Kier molecular flexibility index (Phi) is 4.16. The average molecular weight is 335 g/mol. The minimum atomic E-state index is -3.53. The number of sulfonamides is 1. The highest BCUT2D eigenvalue weighted by atomic mass is 32.2. The van der Waals surface area contributed by atoms with Crippen LogP contribution in [0.3, 0.4) is 0 Å². The second kappa shape index (κ2) is 5.95. The van der Waals surface area contributed by atoms with E-state index in [9.17, 15) is 13.2 Å². The zero-order valence-electron chi connectivity index (χ0n) is 12.2. The molecule has 0 atom stereocenters. The lowest BCUT2D eigenvalue weighted by Gasteiger charge is -2.21. The van der Waals surface area contributed by atoms with Crippen molar-refractivity contribution in [3.05, 3.63) is 52.2 Å². The van der Waals surface area contributed by atoms with E-state index in [4.69, 9.17) is 0 Å². The fourth-order valence-electron chi connectivity index (χ4n) is 2.33. The van der Waals surface area contributed by atoms with Crippen LogP contribution in [0, 0.1) is 0 Å². The number of Topliss-reactive ketones (excluding diaryl/α,β-unsaturated/α-hetero) is 1. The van der Waals surface area contributed by atoms with Crippen molar-refractivity contribution < 1.29 is 13.2 Å². The van der Waals surface area contributed by atoms with E-state index in [1.165, 1.54) is 19.1 Å². The van der Waals surface area contributed by atoms with Gasteiger partial charge in [0.1, 0.15) is 0 Å². The van der Waals surface area contributed by atoms with Crippen LogP contribution in [0.15, 0.2) is 46.7 Å². The zero-order chi connectivity index (χ0) is 15.7. The van der Waals surface area contributed by atoms with E-state index in [1.54, 1.807) is 27.8 Å². The summed E-state index contributed by atoms with van der Waals surface area (Å²) in [6.45, 7) is 1.88. The Balaban J connectivity index is 1.90. The molecule has 2 aromatic rings. The van der Waals surface area contributed by atoms with E-state index < -0.39 is 10.0 Å². The SMILES string of the molecule is CC(=O)c1ccc(S(=O)(=O)N(Cc2cccs2)C2CC2)cc1. The summed E-state index contributed by atoms with van der Waals surface area (Å²) in [5, 5.41) is 1.95. The summed E-state index contributed by atoms with van der Waals surface area (Å²) in [5.41, 5.74) is 0.523. The van der Waals surface area contributed by atoms with Crippen molar-refractivity contribution in [2.24, 2.45) is 0 Å². The molecule has 1 aromatic carbocycles. The predicted molar refractivity (Wildman–Crippen MR) is 86.5 cm³/mol. The minimum absolute atomic E-state index is 0.0680. The Bertz CT molecular complexity index is 760. The van der Waals surface area contributed by atoms with Crippen molar-refractivity contribution in [1.82, 2.24) is 4.31 Å². The molecule has 0 spiro atoms. The normalized spacial score (nSPS) is 15.2. The molecule has 1 aliphatic carbocycles. The molecule has 1 heterocycles. The first-order chi connectivity index (χ1) is 10.5. The molecule has 1 aliphatic rings. The zero-order valence-corrected chi connectivity index (χ0v) is 13.9. The smallest absolute Gasteiger partial charge is 0.243 e. The highest BCUT2D eigenvalue weighted by Crippen LogP contribution is 2.34. The molecule has 1 aromatic heterocycles. The molecule has 4 nitrogen and oxygen atoms in total. The molecule has 22 heavy (non-hydrogen) atoms. The van der Waals surface area contributed by atoms with Gasteiger partial charge < -0.3 is 0 Å². The van der Waals surface area contributed by atoms with Crippen LogP contribution >= 0.6 is 11.3 Å². The summed E-state index contributed by atoms with van der Waals surface area (Å²) >= 11 is 1.56. The summed E-state index contributed by atoms with van der Waals surface area (Å²) < 4.78 is 27.3. The molecule has 0 radical (unpaired) electrons. The van der Waals surface area contributed by atoms with Gasteiger partial charge >= 0.3 is 0 Å². The number of carbonyl (C=O) groups excluding carboxylic acids is 1. The van der Waals surface area contributed by atoms with Crippen molar-refractivity contribution in [1.29, 1.82) is 0 Å². The average Bonchev–Trinajstić information content (AvgIpc) is 3.20. The summed E-state index contributed by atoms with van der Waals surface area (Å²) in [7, 11) is -3.53. The van der Waals surface area contributed by atoms with E-state index >= 15 is 0 Å². The van der Waals surface area contributed by atoms with E-state index in [1.807, 2.05) is 17.5 Å². The first kappa shape index (κ1) is 15.4. The largest absolute Gasteiger partial charge is 0.295 e. The van der Waals surface area contributed by atoms with E-state index in [0.29, 0.717) is 12.1 Å². The molecule has 0 amide bonds. The third kappa shape index (κ3) is 3.14. The first-order valence-corrected chi connectivity index (χ1v) is 9.45. The van der Waals surface area contributed by atoms with Gasteiger partial charge in [-0.05, 0) is 43.3 Å². The maximum Gasteiger partial charge on any atom is 0.243 e. The van der Waals surface area contributed by atoms with Crippen molar-refractivity contribution in [2.75, 3.05) is 0 Å². The highest BCUT2D eigenvalue weighted by Gasteiger charge is 2.38. The number of hydrogen-bond donors (Lipinski definition) is 0. The summed E-state index contributed by atoms with van der Waals surface area (Å²) in [6, 6.07) is 10.2. The van der Waals surface area contributed by atoms with Gasteiger partial charge in [-0.25, -0.2) is 8.42 Å². The maximum absolute atomic E-state index is 12.9. The summed E-state index contributed by atoms with van der Waals surface area (Å²) in [4.78, 5) is 12.6. The van der Waals surface area contributed by atoms with Gasteiger partial charge in [-0.2, -0.15) is 4.31 Å². The topological polar surface area (TPSA) is 54.5 Å².